The van der Waals surface area contributed by atoms with Crippen LogP contribution >= 0.6 is 0 Å². The first-order valence-electron chi connectivity index (χ1n) is 8.29. The average Bonchev–Trinajstić information content (AvgIpc) is 3.19. The summed E-state index contributed by atoms with van der Waals surface area (Å²) < 4.78 is 37.9. The number of furan rings is 1. The number of carbonyl (C=O) groups is 1. The maximum Gasteiger partial charge on any atom is 0.338 e. The number of ether oxygens (including phenoxy) is 1. The highest BCUT2D eigenvalue weighted by Crippen LogP contribution is 2.18. The smallest absolute Gasteiger partial charge is 0.338 e. The summed E-state index contributed by atoms with van der Waals surface area (Å²) in [7, 11) is -3.79. The van der Waals surface area contributed by atoms with E-state index in [1.807, 2.05) is 30.3 Å². The summed E-state index contributed by atoms with van der Waals surface area (Å²) in [6.07, 6.45) is 1.47. The van der Waals surface area contributed by atoms with Gasteiger partial charge in [-0.3, -0.25) is 0 Å². The first-order chi connectivity index (χ1) is 13.0. The Bertz CT molecular complexity index is 1010. The molecule has 7 heteroatoms. The molecule has 3 rings (SSSR count). The third-order valence-corrected chi connectivity index (χ3v) is 5.37. The van der Waals surface area contributed by atoms with Crippen LogP contribution in [0.1, 0.15) is 27.2 Å². The van der Waals surface area contributed by atoms with Crippen molar-refractivity contribution in [3.63, 3.8) is 0 Å². The second kappa shape index (κ2) is 8.20. The number of nitrogens with one attached hydrogen (secondary N) is 1. The summed E-state index contributed by atoms with van der Waals surface area (Å²) in [4.78, 5) is 12.4. The van der Waals surface area contributed by atoms with Crippen molar-refractivity contribution in [1.29, 1.82) is 0 Å². The van der Waals surface area contributed by atoms with E-state index in [0.29, 0.717) is 11.3 Å². The quantitative estimate of drug-likeness (QED) is 0.630. The van der Waals surface area contributed by atoms with Gasteiger partial charge in [-0.25, -0.2) is 17.9 Å². The molecule has 27 heavy (non-hydrogen) atoms. The van der Waals surface area contributed by atoms with Crippen LogP contribution in [0.5, 0.6) is 0 Å². The van der Waals surface area contributed by atoms with Crippen molar-refractivity contribution >= 4 is 16.0 Å². The molecule has 0 unspecified atom stereocenters. The van der Waals surface area contributed by atoms with Crippen LogP contribution in [0.3, 0.4) is 0 Å². The third kappa shape index (κ3) is 4.84. The first kappa shape index (κ1) is 18.9. The minimum Gasteiger partial charge on any atom is -0.468 e. The van der Waals surface area contributed by atoms with Gasteiger partial charge in [0.2, 0.25) is 10.0 Å². The summed E-state index contributed by atoms with van der Waals surface area (Å²) in [5, 5.41) is 0. The minimum atomic E-state index is -3.79. The third-order valence-electron chi connectivity index (χ3n) is 3.97. The van der Waals surface area contributed by atoms with E-state index < -0.39 is 16.0 Å². The molecule has 0 atom stereocenters. The van der Waals surface area contributed by atoms with Crippen molar-refractivity contribution in [3.8, 4) is 0 Å². The van der Waals surface area contributed by atoms with Gasteiger partial charge in [0, 0.05) is 0 Å². The molecule has 0 aliphatic carbocycles. The van der Waals surface area contributed by atoms with Crippen LogP contribution < -0.4 is 4.72 Å². The maximum absolute atomic E-state index is 12.5. The lowest BCUT2D eigenvalue weighted by Gasteiger charge is -2.10. The number of sulfonamides is 1. The molecule has 6 nitrogen and oxygen atoms in total. The van der Waals surface area contributed by atoms with Gasteiger partial charge in [-0.2, -0.15) is 0 Å². The highest BCUT2D eigenvalue weighted by atomic mass is 32.2. The fraction of sp³-hybridized carbons (Fsp3) is 0.150. The van der Waals surface area contributed by atoms with E-state index in [-0.39, 0.29) is 23.6 Å². The number of carbonyl (C=O) groups excluding carboxylic acids is 1. The Morgan fingerprint density at radius 2 is 1.85 bits per heavy atom. The first-order valence-corrected chi connectivity index (χ1v) is 9.78. The average molecular weight is 385 g/mol. The van der Waals surface area contributed by atoms with Crippen LogP contribution in [0.15, 0.2) is 76.2 Å². The molecule has 0 aliphatic heterocycles. The Kier molecular flexibility index (Phi) is 5.73. The van der Waals surface area contributed by atoms with Crippen LogP contribution in [-0.4, -0.2) is 14.4 Å². The molecule has 0 bridgehead atoms. The lowest BCUT2D eigenvalue weighted by Crippen LogP contribution is -2.23. The summed E-state index contributed by atoms with van der Waals surface area (Å²) in [5.41, 5.74) is 1.71. The molecule has 0 amide bonds. The van der Waals surface area contributed by atoms with E-state index >= 15 is 0 Å². The van der Waals surface area contributed by atoms with E-state index in [9.17, 15) is 13.2 Å². The van der Waals surface area contributed by atoms with Crippen LogP contribution in [0.2, 0.25) is 0 Å². The molecule has 0 aliphatic rings. The number of esters is 1. The Labute approximate surface area is 157 Å². The molecule has 0 saturated carbocycles. The molecule has 140 valence electrons. The Morgan fingerprint density at radius 3 is 2.56 bits per heavy atom. The molecule has 0 saturated heterocycles. The zero-order valence-corrected chi connectivity index (χ0v) is 15.5. The molecular formula is C20H19NO5S. The fourth-order valence-corrected chi connectivity index (χ4v) is 3.47. The van der Waals surface area contributed by atoms with Crippen molar-refractivity contribution in [2.75, 3.05) is 0 Å². The van der Waals surface area contributed by atoms with Gasteiger partial charge in [0.1, 0.15) is 12.4 Å². The molecule has 1 heterocycles. The van der Waals surface area contributed by atoms with E-state index in [1.54, 1.807) is 25.1 Å². The van der Waals surface area contributed by atoms with Crippen LogP contribution in [0.25, 0.3) is 0 Å². The highest BCUT2D eigenvalue weighted by Gasteiger charge is 2.19. The number of benzene rings is 2. The van der Waals surface area contributed by atoms with Crippen molar-refractivity contribution in [2.24, 2.45) is 0 Å². The van der Waals surface area contributed by atoms with Crippen molar-refractivity contribution in [2.45, 2.75) is 25.0 Å². The van der Waals surface area contributed by atoms with Gasteiger partial charge in [0.25, 0.3) is 0 Å². The largest absolute Gasteiger partial charge is 0.468 e. The van der Waals surface area contributed by atoms with E-state index in [0.717, 1.165) is 5.56 Å². The van der Waals surface area contributed by atoms with Gasteiger partial charge in [-0.15, -0.1) is 0 Å². The van der Waals surface area contributed by atoms with Gasteiger partial charge in [-0.1, -0.05) is 36.4 Å². The van der Waals surface area contributed by atoms with E-state index in [2.05, 4.69) is 4.72 Å². The summed E-state index contributed by atoms with van der Waals surface area (Å²) in [6.45, 7) is 1.87. The van der Waals surface area contributed by atoms with Crippen molar-refractivity contribution < 1.29 is 22.4 Å². The molecule has 0 radical (unpaired) electrons. The topological polar surface area (TPSA) is 85.6 Å². The number of hydrogen-bond donors (Lipinski definition) is 1. The summed E-state index contributed by atoms with van der Waals surface area (Å²) >= 11 is 0. The van der Waals surface area contributed by atoms with Gasteiger partial charge in [0.15, 0.2) is 0 Å². The maximum atomic E-state index is 12.5. The van der Waals surface area contributed by atoms with Crippen molar-refractivity contribution in [3.05, 3.63) is 89.4 Å². The molecule has 1 aromatic heterocycles. The van der Waals surface area contributed by atoms with Crippen molar-refractivity contribution in [1.82, 2.24) is 4.72 Å². The predicted octanol–water partition coefficient (Wildman–Crippen LogP) is 3.42. The van der Waals surface area contributed by atoms with Crippen LogP contribution in [0.4, 0.5) is 0 Å². The van der Waals surface area contributed by atoms with E-state index in [4.69, 9.17) is 9.15 Å². The zero-order valence-electron chi connectivity index (χ0n) is 14.7. The molecule has 1 N–H and O–H groups in total. The summed E-state index contributed by atoms with van der Waals surface area (Å²) in [5.74, 6) is -0.0763. The Morgan fingerprint density at radius 1 is 1.07 bits per heavy atom. The molecule has 2 aromatic carbocycles. The normalized spacial score (nSPS) is 11.3. The lowest BCUT2D eigenvalue weighted by atomic mass is 10.1. The van der Waals surface area contributed by atoms with Crippen LogP contribution in [-0.2, 0) is 27.9 Å². The lowest BCUT2D eigenvalue weighted by molar-refractivity contribution is 0.0471. The number of hydrogen-bond acceptors (Lipinski definition) is 5. The standard InChI is InChI=1S/C20H19NO5S/c1-15-9-10-18(27(23,24)21-13-17-8-5-11-25-17)12-19(15)20(22)26-14-16-6-3-2-4-7-16/h2-12,21H,13-14H2,1H3. The van der Waals surface area contributed by atoms with E-state index in [1.165, 1.54) is 18.4 Å². The van der Waals surface area contributed by atoms with Gasteiger partial charge in [0.05, 0.1) is 23.3 Å². The minimum absolute atomic E-state index is 0.00804. The predicted molar refractivity (Wildman–Crippen MR) is 99.5 cm³/mol. The molecular weight excluding hydrogens is 366 g/mol. The fourth-order valence-electron chi connectivity index (χ4n) is 2.45. The second-order valence-electron chi connectivity index (χ2n) is 5.94. The summed E-state index contributed by atoms with van der Waals surface area (Å²) in [6, 6.07) is 17.0. The van der Waals surface area contributed by atoms with Crippen LogP contribution in [0, 0.1) is 6.92 Å². The van der Waals surface area contributed by atoms with Gasteiger partial charge < -0.3 is 9.15 Å². The van der Waals surface area contributed by atoms with Gasteiger partial charge in [-0.05, 0) is 42.3 Å². The Hall–Kier alpha value is -2.90. The monoisotopic (exact) mass is 385 g/mol. The zero-order chi connectivity index (χ0) is 19.3. The molecule has 3 aromatic rings. The Balaban J connectivity index is 1.73. The number of aryl methyl sites for hydroxylation is 1. The molecule has 0 fully saturated rings. The molecule has 0 spiro atoms. The highest BCUT2D eigenvalue weighted by molar-refractivity contribution is 7.89. The number of rotatable bonds is 7. The van der Waals surface area contributed by atoms with Gasteiger partial charge >= 0.3 is 5.97 Å². The SMILES string of the molecule is Cc1ccc(S(=O)(=O)NCc2ccco2)cc1C(=O)OCc1ccccc1. The second-order valence-corrected chi connectivity index (χ2v) is 7.71.